The average Bonchev–Trinajstić information content (AvgIpc) is 0.960. The maximum absolute atomic E-state index is 15.1. The SMILES string of the molecule is O=C(OC[C@H]1O[C@@H](O[C@H]2[C@H](OC(=O)c3ccccc3)[C@@H](OC(=O)c3ccccc3)[C@H](/N=c3/ssc(=Nc4ccccc4)n3-c3ccccc3Cl)O[C@@H]2COC(=O)c2ccccc2)[C@H](OC(=O)c2ccccc2)[C@@H](OC(=O)c2ccccc2)[C@H]1OC(=O)c1ccccc1)c1ccccc1. The van der Waals surface area contributed by atoms with Crippen LogP contribution < -0.4 is 9.60 Å². The molecule has 1 aromatic heterocycles. The van der Waals surface area contributed by atoms with E-state index >= 15 is 4.79 Å². The third kappa shape index (κ3) is 16.4. The van der Waals surface area contributed by atoms with Gasteiger partial charge in [0.1, 0.15) is 31.5 Å². The van der Waals surface area contributed by atoms with Crippen LogP contribution in [-0.4, -0.2) is 121 Å². The fraction of sp³-hybridized carbons (Fsp3) is 0.160. The van der Waals surface area contributed by atoms with Crippen molar-refractivity contribution < 1.29 is 80.9 Å². The van der Waals surface area contributed by atoms with Gasteiger partial charge in [0.25, 0.3) is 0 Å². The van der Waals surface area contributed by atoms with Gasteiger partial charge in [-0.15, -0.1) is 0 Å². The average molecular weight is 1370 g/mol. The number of para-hydroxylation sites is 2. The number of aromatic nitrogens is 1. The molecule has 98 heavy (non-hydrogen) atoms. The highest BCUT2D eigenvalue weighted by molar-refractivity contribution is 7.67. The van der Waals surface area contributed by atoms with Crippen molar-refractivity contribution in [2.24, 2.45) is 9.98 Å². The Bertz CT molecular complexity index is 4540. The van der Waals surface area contributed by atoms with Crippen molar-refractivity contribution in [1.29, 1.82) is 0 Å². The number of carbonyl (C=O) groups is 7. The predicted octanol–water partition coefficient (Wildman–Crippen LogP) is 12.1. The summed E-state index contributed by atoms with van der Waals surface area (Å²) in [6.45, 7) is -1.52. The molecule has 0 spiro atoms. The first-order valence-corrected chi connectivity index (χ1v) is 33.3. The minimum absolute atomic E-state index is 0.000210. The molecule has 0 saturated carbocycles. The molecule has 3 heterocycles. The molecular formula is C75H58ClN3O17S2. The standard InChI is InChI=1S/C75H58ClN3O17S2/c76-55-43-25-26-44-56(55)79-74(77-54-41-23-8-24-42-54)97-98-75(79)78-65-63(94-71(85)52-37-19-6-20-38-52)61(92-69(83)50-33-15-4-16-34-50)60(57(89-65)45-87-66(80)47-27-9-1-10-28-47)96-73-64(95-72(86)53-39-21-7-22-40-53)62(93-70(84)51-35-17-5-18-36-51)59(91-68(82)49-31-13-3-14-32-49)58(90-73)46-88-67(81)48-29-11-2-12-30-48/h1-44,57-65,73H,45-46H2/b77-74?,78-75+/t57-,58-,59+,60-,61+,62+,63-,64-,65-,73+/m1/s1. The van der Waals surface area contributed by atoms with Crippen LogP contribution in [0.25, 0.3) is 5.69 Å². The Labute approximate surface area is 572 Å². The molecule has 0 amide bonds. The molecule has 2 aliphatic rings. The Balaban J connectivity index is 1.06. The Morgan fingerprint density at radius 2 is 0.684 bits per heavy atom. The van der Waals surface area contributed by atoms with Crippen molar-refractivity contribution in [3.63, 3.8) is 0 Å². The van der Waals surface area contributed by atoms with E-state index in [0.717, 1.165) is 10.3 Å². The monoisotopic (exact) mass is 1370 g/mol. The summed E-state index contributed by atoms with van der Waals surface area (Å²) in [5, 5.41) is 0.294. The molecule has 12 rings (SSSR count). The maximum Gasteiger partial charge on any atom is 0.338 e. The van der Waals surface area contributed by atoms with Crippen molar-refractivity contribution in [3.8, 4) is 5.69 Å². The Hall–Kier alpha value is -11.0. The summed E-state index contributed by atoms with van der Waals surface area (Å²) in [6.07, 6.45) is -18.8. The van der Waals surface area contributed by atoms with Gasteiger partial charge in [-0.25, -0.2) is 43.5 Å². The minimum atomic E-state index is -2.12. The topological polar surface area (TPSA) is 241 Å². The van der Waals surface area contributed by atoms with Crippen LogP contribution in [0.1, 0.15) is 72.5 Å². The number of rotatable bonds is 21. The van der Waals surface area contributed by atoms with Gasteiger partial charge in [0.05, 0.1) is 55.3 Å². The van der Waals surface area contributed by atoms with Crippen molar-refractivity contribution in [3.05, 3.63) is 320 Å². The third-order valence-electron chi connectivity index (χ3n) is 15.4. The highest BCUT2D eigenvalue weighted by atomic mass is 35.5. The zero-order chi connectivity index (χ0) is 67.7. The number of carbonyl (C=O) groups excluding carboxylic acids is 7. The van der Waals surface area contributed by atoms with Gasteiger partial charge in [-0.3, -0.25) is 4.57 Å². The molecule has 2 fully saturated rings. The van der Waals surface area contributed by atoms with Gasteiger partial charge < -0.3 is 47.4 Å². The van der Waals surface area contributed by atoms with Crippen molar-refractivity contribution >= 4 is 79.8 Å². The first-order chi connectivity index (χ1) is 47.9. The molecule has 10 aromatic rings. The van der Waals surface area contributed by atoms with Crippen LogP contribution in [-0.2, 0) is 47.4 Å². The van der Waals surface area contributed by atoms with E-state index < -0.39 is 116 Å². The normalized spacial score (nSPS) is 20.7. The van der Waals surface area contributed by atoms with Gasteiger partial charge in [0, 0.05) is 0 Å². The summed E-state index contributed by atoms with van der Waals surface area (Å²) >= 11 is 7.01. The molecular weight excluding hydrogens is 1310 g/mol. The van der Waals surface area contributed by atoms with Crippen LogP contribution in [0.4, 0.5) is 5.69 Å². The quantitative estimate of drug-likeness (QED) is 0.0369. The van der Waals surface area contributed by atoms with Crippen LogP contribution in [0.15, 0.2) is 277 Å². The van der Waals surface area contributed by atoms with E-state index in [9.17, 15) is 28.8 Å². The van der Waals surface area contributed by atoms with Gasteiger partial charge >= 0.3 is 41.8 Å². The first-order valence-electron chi connectivity index (χ1n) is 30.7. The highest BCUT2D eigenvalue weighted by Gasteiger charge is 2.58. The summed E-state index contributed by atoms with van der Waals surface area (Å²) in [5.74, 6) is -6.68. The zero-order valence-electron chi connectivity index (χ0n) is 51.6. The van der Waals surface area contributed by atoms with Crippen LogP contribution in [0.3, 0.4) is 0 Å². The van der Waals surface area contributed by atoms with E-state index in [2.05, 4.69) is 0 Å². The smallest absolute Gasteiger partial charge is 0.338 e. The van der Waals surface area contributed by atoms with Gasteiger partial charge in [0.2, 0.25) is 9.60 Å². The second-order valence-corrected chi connectivity index (χ2v) is 24.4. The molecule has 23 heteroatoms. The van der Waals surface area contributed by atoms with E-state index in [1.165, 1.54) is 95.3 Å². The lowest BCUT2D eigenvalue weighted by atomic mass is 9.95. The number of nitrogens with zero attached hydrogens (tertiary/aromatic N) is 3. The Kier molecular flexibility index (Phi) is 22.0. The van der Waals surface area contributed by atoms with Crippen molar-refractivity contribution in [1.82, 2.24) is 4.57 Å². The molecule has 20 nitrogen and oxygen atoms in total. The number of hydrogen-bond acceptors (Lipinski definition) is 21. The van der Waals surface area contributed by atoms with Crippen LogP contribution in [0, 0.1) is 0 Å². The van der Waals surface area contributed by atoms with Gasteiger partial charge in [0.15, 0.2) is 43.0 Å². The van der Waals surface area contributed by atoms with E-state index in [-0.39, 0.29) is 43.7 Å². The lowest BCUT2D eigenvalue weighted by Gasteiger charge is -2.48. The summed E-state index contributed by atoms with van der Waals surface area (Å²) < 4.78 is 67.4. The maximum atomic E-state index is 15.1. The van der Waals surface area contributed by atoms with Gasteiger partial charge in [-0.2, -0.15) is 0 Å². The second-order valence-electron chi connectivity index (χ2n) is 21.9. The third-order valence-corrected chi connectivity index (χ3v) is 17.8. The van der Waals surface area contributed by atoms with Gasteiger partial charge in [-0.05, 0) is 130 Å². The first kappa shape index (κ1) is 67.0. The Morgan fingerprint density at radius 1 is 0.357 bits per heavy atom. The van der Waals surface area contributed by atoms with Gasteiger partial charge in [-0.1, -0.05) is 169 Å². The highest BCUT2D eigenvalue weighted by Crippen LogP contribution is 2.38. The van der Waals surface area contributed by atoms with Crippen LogP contribution >= 0.6 is 32.3 Å². The largest absolute Gasteiger partial charge is 0.459 e. The van der Waals surface area contributed by atoms with E-state index in [1.54, 1.807) is 156 Å². The van der Waals surface area contributed by atoms with Crippen molar-refractivity contribution in [2.45, 2.75) is 61.3 Å². The van der Waals surface area contributed by atoms with Crippen LogP contribution in [0.5, 0.6) is 0 Å². The summed E-state index contributed by atoms with van der Waals surface area (Å²) in [4.78, 5) is 113. The molecule has 9 aromatic carbocycles. The molecule has 2 aliphatic heterocycles. The number of benzene rings is 9. The molecule has 2 saturated heterocycles. The number of esters is 7. The number of hydrogen-bond donors (Lipinski definition) is 0. The minimum Gasteiger partial charge on any atom is -0.459 e. The van der Waals surface area contributed by atoms with Crippen LogP contribution in [0.2, 0.25) is 5.02 Å². The lowest BCUT2D eigenvalue weighted by molar-refractivity contribution is -0.338. The second kappa shape index (κ2) is 32.2. The molecule has 10 atom stereocenters. The van der Waals surface area contributed by atoms with Crippen molar-refractivity contribution in [2.75, 3.05) is 13.2 Å². The fourth-order valence-electron chi connectivity index (χ4n) is 10.6. The molecule has 494 valence electrons. The zero-order valence-corrected chi connectivity index (χ0v) is 54.0. The summed E-state index contributed by atoms with van der Waals surface area (Å²) in [6, 6.07) is 71.0. The molecule has 0 radical (unpaired) electrons. The van der Waals surface area contributed by atoms with E-state index in [1.807, 2.05) is 30.3 Å². The summed E-state index contributed by atoms with van der Waals surface area (Å²) in [5.41, 5.74) is 1.32. The number of halogens is 1. The summed E-state index contributed by atoms with van der Waals surface area (Å²) in [7, 11) is 2.36. The van der Waals surface area contributed by atoms with E-state index in [4.69, 9.17) is 69.0 Å². The Morgan fingerprint density at radius 3 is 1.10 bits per heavy atom. The lowest BCUT2D eigenvalue weighted by Crippen LogP contribution is -2.67. The predicted molar refractivity (Wildman–Crippen MR) is 358 cm³/mol. The molecule has 0 N–H and O–H groups in total. The number of ether oxygens (including phenoxy) is 10. The van der Waals surface area contributed by atoms with E-state index in [0.29, 0.717) is 21.2 Å². The molecule has 0 aliphatic carbocycles. The molecule has 0 bridgehead atoms. The fourth-order valence-corrected chi connectivity index (χ4v) is 13.0. The molecule has 0 unspecified atom stereocenters.